The third-order valence-corrected chi connectivity index (χ3v) is 1.85. The number of Topliss-reactive ketones (excluding diaryl/α,β-unsaturated/α-hetero) is 1. The number of allylic oxidation sites excluding steroid dienone is 6. The van der Waals surface area contributed by atoms with Crippen LogP contribution in [0.4, 0.5) is 0 Å². The van der Waals surface area contributed by atoms with Gasteiger partial charge in [-0.25, -0.2) is 0 Å². The van der Waals surface area contributed by atoms with Crippen molar-refractivity contribution in [2.75, 3.05) is 0 Å². The summed E-state index contributed by atoms with van der Waals surface area (Å²) >= 11 is 0. The van der Waals surface area contributed by atoms with Crippen LogP contribution in [0.2, 0.25) is 0 Å². The van der Waals surface area contributed by atoms with Gasteiger partial charge in [0.15, 0.2) is 5.78 Å². The van der Waals surface area contributed by atoms with Gasteiger partial charge in [-0.2, -0.15) is 0 Å². The summed E-state index contributed by atoms with van der Waals surface area (Å²) in [6, 6.07) is 0. The summed E-state index contributed by atoms with van der Waals surface area (Å²) in [5.74, 6) is 0.128. The molecule has 0 saturated carbocycles. The zero-order valence-electron chi connectivity index (χ0n) is 9.79. The van der Waals surface area contributed by atoms with E-state index in [9.17, 15) is 4.79 Å². The van der Waals surface area contributed by atoms with Gasteiger partial charge in [-0.3, -0.25) is 4.79 Å². The van der Waals surface area contributed by atoms with Crippen molar-refractivity contribution >= 4 is 5.78 Å². The maximum Gasteiger partial charge on any atom is 0.159 e. The van der Waals surface area contributed by atoms with Gasteiger partial charge in [0.05, 0.1) is 0 Å². The summed E-state index contributed by atoms with van der Waals surface area (Å²) in [5, 5.41) is 0. The molecule has 0 saturated heterocycles. The molecule has 0 unspecified atom stereocenters. The van der Waals surface area contributed by atoms with Crippen LogP contribution in [-0.2, 0) is 4.79 Å². The Morgan fingerprint density at radius 1 is 1.21 bits per heavy atom. The predicted octanol–water partition coefficient (Wildman–Crippen LogP) is 3.68. The second kappa shape index (κ2) is 5.58. The van der Waals surface area contributed by atoms with Crippen molar-refractivity contribution in [1.29, 1.82) is 0 Å². The van der Waals surface area contributed by atoms with Crippen molar-refractivity contribution in [2.24, 2.45) is 5.41 Å². The molecule has 1 aliphatic rings. The average molecular weight is 192 g/mol. The summed E-state index contributed by atoms with van der Waals surface area (Å²) in [6.45, 7) is 9.76. The highest BCUT2D eigenvalue weighted by atomic mass is 16.1. The average Bonchev–Trinajstić information content (AvgIpc) is 2.30. The standard InChI is InChI=1S/C11H14O.C2H6/c1-9(12)10-6-4-5-7-11(2,3)8-10;1-2/h4-8H,1-3H3;1-2H3. The minimum absolute atomic E-state index is 0.00942. The minimum Gasteiger partial charge on any atom is -0.295 e. The van der Waals surface area contributed by atoms with E-state index in [1.54, 1.807) is 6.92 Å². The maximum atomic E-state index is 11.1. The molecule has 1 rings (SSSR count). The normalized spacial score (nSPS) is 17.6. The fourth-order valence-corrected chi connectivity index (χ4v) is 1.18. The Hall–Kier alpha value is -1.11. The van der Waals surface area contributed by atoms with E-state index < -0.39 is 0 Å². The number of hydrogen-bond acceptors (Lipinski definition) is 1. The Morgan fingerprint density at radius 2 is 1.79 bits per heavy atom. The molecule has 1 nitrogen and oxygen atoms in total. The molecule has 0 aliphatic heterocycles. The molecule has 1 heteroatoms. The molecule has 0 bridgehead atoms. The molecular weight excluding hydrogens is 172 g/mol. The lowest BCUT2D eigenvalue weighted by atomic mass is 9.90. The van der Waals surface area contributed by atoms with Crippen LogP contribution in [-0.4, -0.2) is 5.78 Å². The third-order valence-electron chi connectivity index (χ3n) is 1.85. The van der Waals surface area contributed by atoms with Crippen LogP contribution in [0.5, 0.6) is 0 Å². The van der Waals surface area contributed by atoms with Gasteiger partial charge in [0.25, 0.3) is 0 Å². The molecule has 78 valence electrons. The number of rotatable bonds is 1. The van der Waals surface area contributed by atoms with E-state index in [4.69, 9.17) is 0 Å². The summed E-state index contributed by atoms with van der Waals surface area (Å²) in [6.07, 6.45) is 9.82. The number of hydrogen-bond donors (Lipinski definition) is 0. The lowest BCUT2D eigenvalue weighted by Crippen LogP contribution is -2.05. The van der Waals surface area contributed by atoms with Gasteiger partial charge in [-0.05, 0) is 6.92 Å². The van der Waals surface area contributed by atoms with Crippen molar-refractivity contribution in [2.45, 2.75) is 34.6 Å². The third kappa shape index (κ3) is 4.22. The van der Waals surface area contributed by atoms with Crippen LogP contribution in [0, 0.1) is 5.41 Å². The Kier molecular flexibility index (Phi) is 5.14. The maximum absolute atomic E-state index is 11.1. The van der Waals surface area contributed by atoms with Crippen molar-refractivity contribution in [3.8, 4) is 0 Å². The largest absolute Gasteiger partial charge is 0.295 e. The smallest absolute Gasteiger partial charge is 0.159 e. The van der Waals surface area contributed by atoms with Gasteiger partial charge in [-0.15, -0.1) is 0 Å². The van der Waals surface area contributed by atoms with Crippen LogP contribution in [0.15, 0.2) is 36.0 Å². The van der Waals surface area contributed by atoms with E-state index in [0.29, 0.717) is 0 Å². The van der Waals surface area contributed by atoms with Crippen molar-refractivity contribution in [3.05, 3.63) is 36.0 Å². The van der Waals surface area contributed by atoms with Gasteiger partial charge in [0, 0.05) is 11.0 Å². The molecule has 0 spiro atoms. The summed E-state index contributed by atoms with van der Waals surface area (Å²) in [7, 11) is 0. The van der Waals surface area contributed by atoms with Gasteiger partial charge >= 0.3 is 0 Å². The fraction of sp³-hybridized carbons (Fsp3) is 0.462. The molecule has 0 aromatic heterocycles. The topological polar surface area (TPSA) is 17.1 Å². The molecule has 0 heterocycles. The van der Waals surface area contributed by atoms with E-state index in [0.717, 1.165) is 5.57 Å². The Bertz CT molecular complexity index is 278. The van der Waals surface area contributed by atoms with Gasteiger partial charge < -0.3 is 0 Å². The number of ketones is 1. The molecule has 0 aromatic carbocycles. The number of carbonyl (C=O) groups is 1. The lowest BCUT2D eigenvalue weighted by molar-refractivity contribution is -0.113. The van der Waals surface area contributed by atoms with E-state index in [1.165, 1.54) is 0 Å². The van der Waals surface area contributed by atoms with E-state index in [-0.39, 0.29) is 11.2 Å². The zero-order valence-corrected chi connectivity index (χ0v) is 9.79. The first kappa shape index (κ1) is 12.9. The van der Waals surface area contributed by atoms with E-state index >= 15 is 0 Å². The summed E-state index contributed by atoms with van der Waals surface area (Å²) in [5.41, 5.74) is 0.787. The second-order valence-corrected chi connectivity index (χ2v) is 3.70. The van der Waals surface area contributed by atoms with Crippen molar-refractivity contribution < 1.29 is 4.79 Å². The first-order chi connectivity index (χ1) is 6.51. The van der Waals surface area contributed by atoms with Gasteiger partial charge in [0.1, 0.15) is 0 Å². The highest BCUT2D eigenvalue weighted by molar-refractivity contribution is 5.96. The summed E-state index contributed by atoms with van der Waals surface area (Å²) in [4.78, 5) is 11.1. The summed E-state index contributed by atoms with van der Waals surface area (Å²) < 4.78 is 0. The van der Waals surface area contributed by atoms with Crippen LogP contribution >= 0.6 is 0 Å². The molecular formula is C13H20O. The van der Waals surface area contributed by atoms with E-state index in [1.807, 2.05) is 38.2 Å². The Balaban J connectivity index is 0.000000791. The molecule has 0 atom stereocenters. The first-order valence-electron chi connectivity index (χ1n) is 5.11. The van der Waals surface area contributed by atoms with Crippen LogP contribution in [0.25, 0.3) is 0 Å². The predicted molar refractivity (Wildman–Crippen MR) is 62.2 cm³/mol. The zero-order chi connectivity index (χ0) is 11.2. The monoisotopic (exact) mass is 192 g/mol. The minimum atomic E-state index is -0.00942. The molecule has 14 heavy (non-hydrogen) atoms. The molecule has 0 fully saturated rings. The molecule has 1 aliphatic carbocycles. The highest BCUT2D eigenvalue weighted by Gasteiger charge is 2.13. The van der Waals surface area contributed by atoms with E-state index in [2.05, 4.69) is 19.9 Å². The molecule has 0 amide bonds. The Morgan fingerprint density at radius 3 is 2.29 bits per heavy atom. The fourth-order valence-electron chi connectivity index (χ4n) is 1.18. The van der Waals surface area contributed by atoms with Gasteiger partial charge in [-0.1, -0.05) is 58.1 Å². The first-order valence-corrected chi connectivity index (χ1v) is 5.11. The quantitative estimate of drug-likeness (QED) is 0.619. The van der Waals surface area contributed by atoms with Crippen LogP contribution in [0.3, 0.4) is 0 Å². The van der Waals surface area contributed by atoms with Crippen LogP contribution in [0.1, 0.15) is 34.6 Å². The Labute approximate surface area is 87.2 Å². The SMILES string of the molecule is CC.CC(=O)C1=CC(C)(C)C=CC=C1. The molecule has 0 radical (unpaired) electrons. The van der Waals surface area contributed by atoms with Crippen molar-refractivity contribution in [3.63, 3.8) is 0 Å². The second-order valence-electron chi connectivity index (χ2n) is 3.70. The van der Waals surface area contributed by atoms with Crippen LogP contribution < -0.4 is 0 Å². The van der Waals surface area contributed by atoms with Gasteiger partial charge in [0.2, 0.25) is 0 Å². The highest BCUT2D eigenvalue weighted by Crippen LogP contribution is 2.23. The lowest BCUT2D eigenvalue weighted by Gasteiger charge is -2.14. The number of carbonyl (C=O) groups excluding carboxylic acids is 1. The molecule has 0 aromatic rings. The van der Waals surface area contributed by atoms with Crippen molar-refractivity contribution in [1.82, 2.24) is 0 Å². The molecule has 0 N–H and O–H groups in total.